The molecule has 22 heavy (non-hydrogen) atoms. The molecule has 108 valence electrons. The standard InChI is InChI=1S/C14H9N5O2S/c20-13(9-6-7-15-21-9)17-14-16-12-11(22-14)10(18-19-12)8-4-2-1-3-5-8/h1-7H,(H2,16,17,18,19,20). The van der Waals surface area contributed by atoms with Gasteiger partial charge in [-0.1, -0.05) is 46.8 Å². The second-order valence-electron chi connectivity index (χ2n) is 4.47. The molecule has 0 bridgehead atoms. The van der Waals surface area contributed by atoms with E-state index in [0.717, 1.165) is 16.0 Å². The Morgan fingerprint density at radius 1 is 1.23 bits per heavy atom. The van der Waals surface area contributed by atoms with Crippen LogP contribution < -0.4 is 5.32 Å². The second-order valence-corrected chi connectivity index (χ2v) is 5.47. The SMILES string of the molecule is O=C(Nc1nc2n[nH]c(-c3ccccc3)c2s1)c1ccno1. The molecule has 2 N–H and O–H groups in total. The first-order chi connectivity index (χ1) is 10.8. The van der Waals surface area contributed by atoms with Gasteiger partial charge in [0.2, 0.25) is 5.76 Å². The fourth-order valence-electron chi connectivity index (χ4n) is 2.06. The molecule has 0 spiro atoms. The molecule has 3 aromatic heterocycles. The number of amides is 1. The molecule has 1 aromatic carbocycles. The van der Waals surface area contributed by atoms with Gasteiger partial charge in [-0.05, 0) is 0 Å². The van der Waals surface area contributed by atoms with Crippen LogP contribution in [0.5, 0.6) is 0 Å². The first-order valence-corrected chi connectivity index (χ1v) is 7.25. The van der Waals surface area contributed by atoms with E-state index in [2.05, 4.69) is 25.7 Å². The van der Waals surface area contributed by atoms with Crippen LogP contribution in [-0.4, -0.2) is 26.2 Å². The van der Waals surface area contributed by atoms with Gasteiger partial charge in [-0.15, -0.1) is 0 Å². The van der Waals surface area contributed by atoms with Crippen LogP contribution in [0.15, 0.2) is 47.1 Å². The summed E-state index contributed by atoms with van der Waals surface area (Å²) in [7, 11) is 0. The number of hydrogen-bond acceptors (Lipinski definition) is 6. The van der Waals surface area contributed by atoms with Gasteiger partial charge in [0.1, 0.15) is 4.70 Å². The highest BCUT2D eigenvalue weighted by molar-refractivity contribution is 7.22. The molecule has 0 unspecified atom stereocenters. The number of H-pyrrole nitrogens is 1. The number of benzene rings is 1. The monoisotopic (exact) mass is 311 g/mol. The van der Waals surface area contributed by atoms with Gasteiger partial charge in [-0.25, -0.2) is 0 Å². The van der Waals surface area contributed by atoms with E-state index in [1.807, 2.05) is 30.3 Å². The summed E-state index contributed by atoms with van der Waals surface area (Å²) in [6.07, 6.45) is 1.41. The number of nitrogens with zero attached hydrogens (tertiary/aromatic N) is 3. The maximum Gasteiger partial charge on any atom is 0.296 e. The molecule has 4 aromatic rings. The Kier molecular flexibility index (Phi) is 2.94. The Labute approximate surface area is 128 Å². The van der Waals surface area contributed by atoms with Gasteiger partial charge in [-0.2, -0.15) is 10.1 Å². The van der Waals surface area contributed by atoms with Crippen LogP contribution in [0, 0.1) is 0 Å². The number of thiazole rings is 1. The normalized spacial score (nSPS) is 10.9. The van der Waals surface area contributed by atoms with Gasteiger partial charge in [0.05, 0.1) is 11.9 Å². The number of rotatable bonds is 3. The molecule has 0 aliphatic heterocycles. The van der Waals surface area contributed by atoms with Crippen molar-refractivity contribution < 1.29 is 9.32 Å². The zero-order valence-electron chi connectivity index (χ0n) is 11.1. The van der Waals surface area contributed by atoms with E-state index in [9.17, 15) is 4.79 Å². The van der Waals surface area contributed by atoms with Gasteiger partial charge in [0.15, 0.2) is 10.8 Å². The lowest BCUT2D eigenvalue weighted by Gasteiger charge is -1.97. The second kappa shape index (κ2) is 5.08. The van der Waals surface area contributed by atoms with Crippen molar-refractivity contribution in [1.29, 1.82) is 0 Å². The van der Waals surface area contributed by atoms with Crippen molar-refractivity contribution >= 4 is 32.7 Å². The molecule has 0 saturated carbocycles. The zero-order valence-corrected chi connectivity index (χ0v) is 11.9. The summed E-state index contributed by atoms with van der Waals surface area (Å²) in [5.74, 6) is -0.253. The third-order valence-corrected chi connectivity index (χ3v) is 4.03. The van der Waals surface area contributed by atoms with Crippen LogP contribution >= 0.6 is 11.3 Å². The maximum absolute atomic E-state index is 11.9. The molecule has 0 saturated heterocycles. The smallest absolute Gasteiger partial charge is 0.296 e. The Balaban J connectivity index is 1.67. The van der Waals surface area contributed by atoms with Gasteiger partial charge in [0, 0.05) is 11.6 Å². The fourth-order valence-corrected chi connectivity index (χ4v) is 2.97. The van der Waals surface area contributed by atoms with Crippen LogP contribution in [-0.2, 0) is 0 Å². The van der Waals surface area contributed by atoms with Crippen molar-refractivity contribution in [3.63, 3.8) is 0 Å². The van der Waals surface area contributed by atoms with E-state index in [4.69, 9.17) is 4.52 Å². The van der Waals surface area contributed by atoms with Gasteiger partial charge in [0.25, 0.3) is 5.91 Å². The topological polar surface area (TPSA) is 96.7 Å². The van der Waals surface area contributed by atoms with Gasteiger partial charge >= 0.3 is 0 Å². The first kappa shape index (κ1) is 12.7. The number of nitrogens with one attached hydrogen (secondary N) is 2. The Morgan fingerprint density at radius 2 is 2.09 bits per heavy atom. The van der Waals surface area contributed by atoms with Gasteiger partial charge < -0.3 is 4.52 Å². The van der Waals surface area contributed by atoms with Crippen LogP contribution in [0.25, 0.3) is 21.6 Å². The molecule has 7 nitrogen and oxygen atoms in total. The van der Waals surface area contributed by atoms with Crippen molar-refractivity contribution in [2.75, 3.05) is 5.32 Å². The molecule has 1 amide bonds. The third kappa shape index (κ3) is 2.15. The van der Waals surface area contributed by atoms with Crippen molar-refractivity contribution in [2.24, 2.45) is 0 Å². The quantitative estimate of drug-likeness (QED) is 0.606. The Bertz CT molecular complexity index is 927. The van der Waals surface area contributed by atoms with Crippen LogP contribution in [0.2, 0.25) is 0 Å². The highest BCUT2D eigenvalue weighted by atomic mass is 32.1. The lowest BCUT2D eigenvalue weighted by atomic mass is 10.2. The summed E-state index contributed by atoms with van der Waals surface area (Å²) in [4.78, 5) is 16.2. The maximum atomic E-state index is 11.9. The molecule has 0 fully saturated rings. The minimum atomic E-state index is -0.390. The number of carbonyl (C=O) groups is 1. The lowest BCUT2D eigenvalue weighted by Crippen LogP contribution is -2.10. The largest absolute Gasteiger partial charge is 0.351 e. The average molecular weight is 311 g/mol. The van der Waals surface area contributed by atoms with Crippen molar-refractivity contribution in [1.82, 2.24) is 20.3 Å². The highest BCUT2D eigenvalue weighted by Gasteiger charge is 2.16. The predicted octanol–water partition coefficient (Wildman–Crippen LogP) is 2.93. The molecule has 0 aliphatic carbocycles. The minimum Gasteiger partial charge on any atom is -0.351 e. The van der Waals surface area contributed by atoms with Gasteiger partial charge in [-0.3, -0.25) is 15.2 Å². The summed E-state index contributed by atoms with van der Waals surface area (Å²) < 4.78 is 5.70. The minimum absolute atomic E-state index is 0.137. The summed E-state index contributed by atoms with van der Waals surface area (Å²) >= 11 is 1.35. The van der Waals surface area contributed by atoms with E-state index in [0.29, 0.717) is 10.8 Å². The number of aromatic amines is 1. The number of aromatic nitrogens is 4. The molecule has 0 radical (unpaired) electrons. The predicted molar refractivity (Wildman–Crippen MR) is 81.7 cm³/mol. The van der Waals surface area contributed by atoms with E-state index in [1.54, 1.807) is 0 Å². The summed E-state index contributed by atoms with van der Waals surface area (Å²) in [5, 5.41) is 13.8. The van der Waals surface area contributed by atoms with E-state index in [1.165, 1.54) is 23.6 Å². The molecule has 4 rings (SSSR count). The Morgan fingerprint density at radius 3 is 2.86 bits per heavy atom. The number of carbonyl (C=O) groups excluding carboxylic acids is 1. The molecule has 0 aliphatic rings. The summed E-state index contributed by atoms with van der Waals surface area (Å²) in [6, 6.07) is 11.3. The first-order valence-electron chi connectivity index (χ1n) is 6.43. The van der Waals surface area contributed by atoms with Crippen LogP contribution in [0.4, 0.5) is 5.13 Å². The van der Waals surface area contributed by atoms with E-state index < -0.39 is 0 Å². The number of hydrogen-bond donors (Lipinski definition) is 2. The van der Waals surface area contributed by atoms with Crippen molar-refractivity contribution in [3.05, 3.63) is 48.4 Å². The molecule has 0 atom stereocenters. The molecular formula is C14H9N5O2S. The Hall–Kier alpha value is -3.00. The highest BCUT2D eigenvalue weighted by Crippen LogP contribution is 2.33. The van der Waals surface area contributed by atoms with Crippen LogP contribution in [0.1, 0.15) is 10.6 Å². The molecular weight excluding hydrogens is 302 g/mol. The average Bonchev–Trinajstić information content (AvgIpc) is 3.24. The summed E-state index contributed by atoms with van der Waals surface area (Å²) in [6.45, 7) is 0. The fraction of sp³-hybridized carbons (Fsp3) is 0. The molecule has 8 heteroatoms. The van der Waals surface area contributed by atoms with E-state index in [-0.39, 0.29) is 11.7 Å². The lowest BCUT2D eigenvalue weighted by molar-refractivity contribution is 0.0988. The van der Waals surface area contributed by atoms with Crippen LogP contribution in [0.3, 0.4) is 0 Å². The van der Waals surface area contributed by atoms with Crippen molar-refractivity contribution in [2.45, 2.75) is 0 Å². The number of fused-ring (bicyclic) bond motifs is 1. The summed E-state index contributed by atoms with van der Waals surface area (Å²) in [5.41, 5.74) is 2.46. The van der Waals surface area contributed by atoms with E-state index >= 15 is 0 Å². The number of anilines is 1. The zero-order chi connectivity index (χ0) is 14.9. The third-order valence-electron chi connectivity index (χ3n) is 3.05. The molecule has 3 heterocycles. The van der Waals surface area contributed by atoms with Crippen molar-refractivity contribution in [3.8, 4) is 11.3 Å².